The first-order valence-electron chi connectivity index (χ1n) is 7.36. The van der Waals surface area contributed by atoms with Crippen LogP contribution in [0, 0.1) is 11.3 Å². The summed E-state index contributed by atoms with van der Waals surface area (Å²) in [6.07, 6.45) is 7.01. The lowest BCUT2D eigenvalue weighted by molar-refractivity contribution is 0.0421. The van der Waals surface area contributed by atoms with Crippen molar-refractivity contribution in [3.05, 3.63) is 0 Å². The number of nitrogens with one attached hydrogen (secondary N) is 1. The molecule has 2 saturated carbocycles. The second-order valence-corrected chi connectivity index (χ2v) is 6.96. The van der Waals surface area contributed by atoms with Crippen molar-refractivity contribution in [1.82, 2.24) is 10.2 Å². The fraction of sp³-hybridized carbons (Fsp3) is 1.00. The molecule has 2 nitrogen and oxygen atoms in total. The number of nitrogens with zero attached hydrogens (tertiary/aromatic N) is 1. The van der Waals surface area contributed by atoms with Gasteiger partial charge in [-0.25, -0.2) is 0 Å². The third-order valence-electron chi connectivity index (χ3n) is 5.33. The van der Waals surface area contributed by atoms with Gasteiger partial charge in [-0.1, -0.05) is 20.3 Å². The van der Waals surface area contributed by atoms with Gasteiger partial charge in [-0.2, -0.15) is 0 Å². The summed E-state index contributed by atoms with van der Waals surface area (Å²) in [5.41, 5.74) is 0.440. The van der Waals surface area contributed by atoms with Crippen LogP contribution in [0.5, 0.6) is 0 Å². The largest absolute Gasteiger partial charge is 0.315 e. The van der Waals surface area contributed by atoms with Gasteiger partial charge in [-0.05, 0) is 58.0 Å². The summed E-state index contributed by atoms with van der Waals surface area (Å²) < 4.78 is 0. The lowest BCUT2D eigenvalue weighted by Gasteiger charge is -2.49. The maximum Gasteiger partial charge on any atom is 0.0271 e. The molecule has 0 aromatic heterocycles. The highest BCUT2D eigenvalue weighted by Crippen LogP contribution is 2.41. The summed E-state index contributed by atoms with van der Waals surface area (Å²) in [6, 6.07) is 2.13. The zero-order valence-corrected chi connectivity index (χ0v) is 12.3. The van der Waals surface area contributed by atoms with Gasteiger partial charge >= 0.3 is 0 Å². The minimum Gasteiger partial charge on any atom is -0.315 e. The third kappa shape index (κ3) is 2.68. The molecule has 2 rings (SSSR count). The summed E-state index contributed by atoms with van der Waals surface area (Å²) in [5, 5.41) is 3.60. The Kier molecular flexibility index (Phi) is 3.84. The van der Waals surface area contributed by atoms with Crippen molar-refractivity contribution in [2.75, 3.05) is 14.1 Å². The Morgan fingerprint density at radius 1 is 1.24 bits per heavy atom. The van der Waals surface area contributed by atoms with E-state index in [1.165, 1.54) is 32.1 Å². The Bertz CT molecular complexity index is 258. The fourth-order valence-electron chi connectivity index (χ4n) is 3.84. The van der Waals surface area contributed by atoms with Crippen LogP contribution in [0.25, 0.3) is 0 Å². The normalized spacial score (nSPS) is 34.9. The van der Waals surface area contributed by atoms with Crippen LogP contribution in [0.3, 0.4) is 0 Å². The second kappa shape index (κ2) is 4.89. The van der Waals surface area contributed by atoms with E-state index in [9.17, 15) is 0 Å². The number of rotatable bonds is 4. The molecule has 2 aliphatic rings. The van der Waals surface area contributed by atoms with Crippen LogP contribution in [0.1, 0.15) is 52.9 Å². The van der Waals surface area contributed by atoms with Crippen molar-refractivity contribution in [1.29, 1.82) is 0 Å². The van der Waals surface area contributed by atoms with Crippen LogP contribution in [0.4, 0.5) is 0 Å². The molecule has 0 spiro atoms. The molecule has 2 fully saturated rings. The SMILES string of the molecule is CNC1C(N(C)C(C)C2CC2)CCCC1(C)C. The van der Waals surface area contributed by atoms with Gasteiger partial charge < -0.3 is 5.32 Å². The molecule has 100 valence electrons. The lowest BCUT2D eigenvalue weighted by Crippen LogP contribution is -2.58. The van der Waals surface area contributed by atoms with E-state index in [-0.39, 0.29) is 0 Å². The zero-order chi connectivity index (χ0) is 12.6. The van der Waals surface area contributed by atoms with Gasteiger partial charge in [0.15, 0.2) is 0 Å². The van der Waals surface area contributed by atoms with Crippen molar-refractivity contribution in [2.45, 2.75) is 71.0 Å². The van der Waals surface area contributed by atoms with Crippen molar-refractivity contribution < 1.29 is 0 Å². The third-order valence-corrected chi connectivity index (χ3v) is 5.33. The Hall–Kier alpha value is -0.0800. The molecule has 0 aliphatic heterocycles. The van der Waals surface area contributed by atoms with Gasteiger partial charge in [-0.3, -0.25) is 4.90 Å². The van der Waals surface area contributed by atoms with Crippen molar-refractivity contribution in [3.8, 4) is 0 Å². The van der Waals surface area contributed by atoms with Crippen LogP contribution in [-0.4, -0.2) is 37.1 Å². The number of likely N-dealkylation sites (N-methyl/N-ethyl adjacent to an activating group) is 2. The van der Waals surface area contributed by atoms with Gasteiger partial charge in [0.2, 0.25) is 0 Å². The summed E-state index contributed by atoms with van der Waals surface area (Å²) in [6.45, 7) is 7.28. The molecule has 3 unspecified atom stereocenters. The van der Waals surface area contributed by atoms with Crippen LogP contribution < -0.4 is 5.32 Å². The van der Waals surface area contributed by atoms with Gasteiger partial charge in [0.25, 0.3) is 0 Å². The van der Waals surface area contributed by atoms with Crippen LogP contribution >= 0.6 is 0 Å². The van der Waals surface area contributed by atoms with Gasteiger partial charge in [0.05, 0.1) is 0 Å². The molecule has 1 N–H and O–H groups in total. The Balaban J connectivity index is 2.06. The lowest BCUT2D eigenvalue weighted by atomic mass is 9.70. The second-order valence-electron chi connectivity index (χ2n) is 6.96. The molecule has 2 heteroatoms. The van der Waals surface area contributed by atoms with E-state index in [4.69, 9.17) is 0 Å². The minimum absolute atomic E-state index is 0.440. The van der Waals surface area contributed by atoms with Gasteiger partial charge in [-0.15, -0.1) is 0 Å². The molecule has 2 aliphatic carbocycles. The average molecular weight is 238 g/mol. The highest BCUT2D eigenvalue weighted by molar-refractivity contribution is 4.99. The maximum absolute atomic E-state index is 3.60. The molecule has 0 saturated heterocycles. The van der Waals surface area contributed by atoms with E-state index in [1.54, 1.807) is 0 Å². The predicted molar refractivity (Wildman–Crippen MR) is 74.2 cm³/mol. The molecule has 0 radical (unpaired) electrons. The average Bonchev–Trinajstić information content (AvgIpc) is 3.09. The quantitative estimate of drug-likeness (QED) is 0.810. The smallest absolute Gasteiger partial charge is 0.0271 e. The molecule has 0 aromatic carbocycles. The van der Waals surface area contributed by atoms with Crippen LogP contribution in [0.2, 0.25) is 0 Å². The number of hydrogen-bond donors (Lipinski definition) is 1. The highest BCUT2D eigenvalue weighted by atomic mass is 15.2. The molecule has 0 aromatic rings. The van der Waals surface area contributed by atoms with E-state index in [0.29, 0.717) is 11.5 Å². The van der Waals surface area contributed by atoms with Crippen molar-refractivity contribution in [3.63, 3.8) is 0 Å². The Morgan fingerprint density at radius 2 is 1.88 bits per heavy atom. The number of hydrogen-bond acceptors (Lipinski definition) is 2. The van der Waals surface area contributed by atoms with Gasteiger partial charge in [0.1, 0.15) is 0 Å². The first-order chi connectivity index (χ1) is 7.97. The van der Waals surface area contributed by atoms with E-state index >= 15 is 0 Å². The van der Waals surface area contributed by atoms with E-state index in [1.807, 2.05) is 0 Å². The molecular formula is C15H30N2. The molecule has 0 amide bonds. The summed E-state index contributed by atoms with van der Waals surface area (Å²) in [7, 11) is 4.49. The van der Waals surface area contributed by atoms with Crippen LogP contribution in [0.15, 0.2) is 0 Å². The highest BCUT2D eigenvalue weighted by Gasteiger charge is 2.42. The molecule has 17 heavy (non-hydrogen) atoms. The standard InChI is InChI=1S/C15H30N2/c1-11(12-8-9-12)17(5)13-7-6-10-15(2,3)14(13)16-4/h11-14,16H,6-10H2,1-5H3. The monoisotopic (exact) mass is 238 g/mol. The summed E-state index contributed by atoms with van der Waals surface area (Å²) in [4.78, 5) is 2.67. The molecule has 3 atom stereocenters. The topological polar surface area (TPSA) is 15.3 Å². The first-order valence-corrected chi connectivity index (χ1v) is 7.36. The molecule has 0 bridgehead atoms. The fourth-order valence-corrected chi connectivity index (χ4v) is 3.84. The molecule has 0 heterocycles. The Labute approximate surface area is 107 Å². The summed E-state index contributed by atoms with van der Waals surface area (Å²) in [5.74, 6) is 0.975. The molecular weight excluding hydrogens is 208 g/mol. The van der Waals surface area contributed by atoms with Crippen LogP contribution in [-0.2, 0) is 0 Å². The van der Waals surface area contributed by atoms with E-state index in [0.717, 1.165) is 18.0 Å². The summed E-state index contributed by atoms with van der Waals surface area (Å²) >= 11 is 0. The zero-order valence-electron chi connectivity index (χ0n) is 12.3. The Morgan fingerprint density at radius 3 is 2.41 bits per heavy atom. The minimum atomic E-state index is 0.440. The van der Waals surface area contributed by atoms with Crippen molar-refractivity contribution in [2.24, 2.45) is 11.3 Å². The van der Waals surface area contributed by atoms with Gasteiger partial charge in [0, 0.05) is 18.1 Å². The van der Waals surface area contributed by atoms with E-state index < -0.39 is 0 Å². The first kappa shape index (κ1) is 13.4. The predicted octanol–water partition coefficient (Wildman–Crippen LogP) is 2.88. The van der Waals surface area contributed by atoms with E-state index in [2.05, 4.69) is 45.1 Å². The van der Waals surface area contributed by atoms with Crippen molar-refractivity contribution >= 4 is 0 Å². The maximum atomic E-state index is 3.60.